The van der Waals surface area contributed by atoms with Crippen molar-refractivity contribution in [3.63, 3.8) is 0 Å². The fourth-order valence-electron chi connectivity index (χ4n) is 2.52. The SMILES string of the molecule is CC1CSCCN1C(=O)CCOC1CCNCC1. The van der Waals surface area contributed by atoms with Gasteiger partial charge in [-0.05, 0) is 32.9 Å². The van der Waals surface area contributed by atoms with Crippen LogP contribution in [0.15, 0.2) is 0 Å². The molecule has 18 heavy (non-hydrogen) atoms. The Kier molecular flexibility index (Phi) is 5.79. The third kappa shape index (κ3) is 4.14. The van der Waals surface area contributed by atoms with Gasteiger partial charge in [0.2, 0.25) is 5.91 Å². The second-order valence-electron chi connectivity index (χ2n) is 5.08. The summed E-state index contributed by atoms with van der Waals surface area (Å²) in [5, 5.41) is 3.31. The van der Waals surface area contributed by atoms with Gasteiger partial charge in [0.1, 0.15) is 0 Å². The van der Waals surface area contributed by atoms with Gasteiger partial charge in [0.05, 0.1) is 19.1 Å². The van der Waals surface area contributed by atoms with E-state index in [0.29, 0.717) is 25.2 Å². The van der Waals surface area contributed by atoms with Crippen LogP contribution in [-0.4, -0.2) is 60.7 Å². The van der Waals surface area contributed by atoms with Gasteiger partial charge in [-0.2, -0.15) is 11.8 Å². The number of rotatable bonds is 4. The Morgan fingerprint density at radius 1 is 1.44 bits per heavy atom. The van der Waals surface area contributed by atoms with Crippen molar-refractivity contribution in [1.29, 1.82) is 0 Å². The quantitative estimate of drug-likeness (QED) is 0.832. The summed E-state index contributed by atoms with van der Waals surface area (Å²) in [6.07, 6.45) is 3.04. The minimum Gasteiger partial charge on any atom is -0.378 e. The minimum atomic E-state index is 0.261. The predicted octanol–water partition coefficient (Wildman–Crippen LogP) is 1.11. The molecule has 0 aromatic rings. The zero-order valence-corrected chi connectivity index (χ0v) is 12.0. The summed E-state index contributed by atoms with van der Waals surface area (Å²) in [6.45, 7) is 5.70. The summed E-state index contributed by atoms with van der Waals surface area (Å²) in [7, 11) is 0. The number of nitrogens with one attached hydrogen (secondary N) is 1. The highest BCUT2D eigenvalue weighted by molar-refractivity contribution is 7.99. The number of thioether (sulfide) groups is 1. The predicted molar refractivity (Wildman–Crippen MR) is 75.0 cm³/mol. The van der Waals surface area contributed by atoms with E-state index in [9.17, 15) is 4.79 Å². The van der Waals surface area contributed by atoms with Crippen LogP contribution in [0.3, 0.4) is 0 Å². The monoisotopic (exact) mass is 272 g/mol. The molecule has 1 atom stereocenters. The van der Waals surface area contributed by atoms with E-state index in [2.05, 4.69) is 12.2 Å². The van der Waals surface area contributed by atoms with Crippen molar-refractivity contribution in [3.8, 4) is 0 Å². The van der Waals surface area contributed by atoms with Crippen LogP contribution in [0.25, 0.3) is 0 Å². The van der Waals surface area contributed by atoms with E-state index >= 15 is 0 Å². The molecule has 0 bridgehead atoms. The number of nitrogens with zero attached hydrogens (tertiary/aromatic N) is 1. The molecule has 4 nitrogen and oxygen atoms in total. The molecule has 1 amide bonds. The third-order valence-electron chi connectivity index (χ3n) is 3.64. The maximum absolute atomic E-state index is 12.1. The first-order valence-electron chi connectivity index (χ1n) is 6.97. The molecule has 2 fully saturated rings. The average molecular weight is 272 g/mol. The van der Waals surface area contributed by atoms with Crippen molar-refractivity contribution in [1.82, 2.24) is 10.2 Å². The Labute approximate surface area is 114 Å². The molecule has 2 aliphatic heterocycles. The van der Waals surface area contributed by atoms with E-state index in [4.69, 9.17) is 4.74 Å². The molecule has 1 unspecified atom stereocenters. The number of ether oxygens (including phenoxy) is 1. The van der Waals surface area contributed by atoms with Crippen LogP contribution in [0, 0.1) is 0 Å². The summed E-state index contributed by atoms with van der Waals surface area (Å²) in [4.78, 5) is 14.1. The first kappa shape index (κ1) is 14.2. The van der Waals surface area contributed by atoms with Crippen LogP contribution in [0.4, 0.5) is 0 Å². The Bertz CT molecular complexity index is 270. The van der Waals surface area contributed by atoms with Crippen LogP contribution in [0.2, 0.25) is 0 Å². The van der Waals surface area contributed by atoms with E-state index in [1.54, 1.807) is 0 Å². The third-order valence-corrected chi connectivity index (χ3v) is 4.83. The van der Waals surface area contributed by atoms with Crippen molar-refractivity contribution < 1.29 is 9.53 Å². The van der Waals surface area contributed by atoms with Gasteiger partial charge in [-0.25, -0.2) is 0 Å². The van der Waals surface area contributed by atoms with Crippen LogP contribution in [0.5, 0.6) is 0 Å². The van der Waals surface area contributed by atoms with Crippen LogP contribution in [0.1, 0.15) is 26.2 Å². The normalized spacial score (nSPS) is 26.3. The molecule has 5 heteroatoms. The molecule has 0 radical (unpaired) electrons. The van der Waals surface area contributed by atoms with Gasteiger partial charge in [-0.3, -0.25) is 4.79 Å². The van der Waals surface area contributed by atoms with Gasteiger partial charge < -0.3 is 15.0 Å². The highest BCUT2D eigenvalue weighted by atomic mass is 32.2. The Hall–Kier alpha value is -0.260. The van der Waals surface area contributed by atoms with Crippen LogP contribution < -0.4 is 5.32 Å². The highest BCUT2D eigenvalue weighted by Gasteiger charge is 2.23. The Balaban J connectivity index is 1.64. The van der Waals surface area contributed by atoms with E-state index < -0.39 is 0 Å². The zero-order valence-electron chi connectivity index (χ0n) is 11.2. The van der Waals surface area contributed by atoms with Gasteiger partial charge in [-0.1, -0.05) is 0 Å². The van der Waals surface area contributed by atoms with Gasteiger partial charge in [0, 0.05) is 24.1 Å². The molecule has 2 aliphatic rings. The van der Waals surface area contributed by atoms with Crippen molar-refractivity contribution in [2.24, 2.45) is 0 Å². The fourth-order valence-corrected chi connectivity index (χ4v) is 3.53. The van der Waals surface area contributed by atoms with Gasteiger partial charge in [-0.15, -0.1) is 0 Å². The van der Waals surface area contributed by atoms with E-state index in [-0.39, 0.29) is 5.91 Å². The lowest BCUT2D eigenvalue weighted by Gasteiger charge is -2.33. The lowest BCUT2D eigenvalue weighted by molar-refractivity contribution is -0.134. The van der Waals surface area contributed by atoms with E-state index in [1.807, 2.05) is 16.7 Å². The van der Waals surface area contributed by atoms with Gasteiger partial charge in [0.25, 0.3) is 0 Å². The van der Waals surface area contributed by atoms with Crippen molar-refractivity contribution in [2.75, 3.05) is 37.7 Å². The number of carbonyl (C=O) groups excluding carboxylic acids is 1. The molecular weight excluding hydrogens is 248 g/mol. The fraction of sp³-hybridized carbons (Fsp3) is 0.923. The smallest absolute Gasteiger partial charge is 0.225 e. The van der Waals surface area contributed by atoms with Gasteiger partial charge >= 0.3 is 0 Å². The summed E-state index contributed by atoms with van der Waals surface area (Å²) >= 11 is 1.94. The second kappa shape index (κ2) is 7.36. The first-order valence-corrected chi connectivity index (χ1v) is 8.12. The largest absolute Gasteiger partial charge is 0.378 e. The molecule has 2 saturated heterocycles. The zero-order chi connectivity index (χ0) is 12.8. The summed E-state index contributed by atoms with van der Waals surface area (Å²) in [5.41, 5.74) is 0. The van der Waals surface area contributed by atoms with Crippen molar-refractivity contribution in [2.45, 2.75) is 38.3 Å². The average Bonchev–Trinajstić information content (AvgIpc) is 2.40. The Morgan fingerprint density at radius 2 is 2.22 bits per heavy atom. The van der Waals surface area contributed by atoms with E-state index in [1.165, 1.54) is 0 Å². The van der Waals surface area contributed by atoms with Crippen molar-refractivity contribution in [3.05, 3.63) is 0 Å². The molecule has 0 saturated carbocycles. The second-order valence-corrected chi connectivity index (χ2v) is 6.23. The highest BCUT2D eigenvalue weighted by Crippen LogP contribution is 2.17. The maximum Gasteiger partial charge on any atom is 0.225 e. The van der Waals surface area contributed by atoms with Gasteiger partial charge in [0.15, 0.2) is 0 Å². The number of hydrogen-bond donors (Lipinski definition) is 1. The molecule has 2 rings (SSSR count). The topological polar surface area (TPSA) is 41.6 Å². The summed E-state index contributed by atoms with van der Waals surface area (Å²) in [5.74, 6) is 2.41. The molecule has 0 spiro atoms. The molecule has 0 aromatic carbocycles. The van der Waals surface area contributed by atoms with Crippen molar-refractivity contribution >= 4 is 17.7 Å². The number of piperidine rings is 1. The van der Waals surface area contributed by atoms with Crippen LogP contribution in [-0.2, 0) is 9.53 Å². The summed E-state index contributed by atoms with van der Waals surface area (Å²) in [6, 6.07) is 0.384. The maximum atomic E-state index is 12.1. The minimum absolute atomic E-state index is 0.261. The Morgan fingerprint density at radius 3 is 2.94 bits per heavy atom. The summed E-state index contributed by atoms with van der Waals surface area (Å²) < 4.78 is 5.79. The number of hydrogen-bond acceptors (Lipinski definition) is 4. The lowest BCUT2D eigenvalue weighted by Crippen LogP contribution is -2.44. The number of carbonyl (C=O) groups is 1. The van der Waals surface area contributed by atoms with Crippen LogP contribution >= 0.6 is 11.8 Å². The molecule has 104 valence electrons. The molecule has 0 aliphatic carbocycles. The standard InChI is InChI=1S/C13H24N2O2S/c1-11-10-18-9-7-15(11)13(16)4-8-17-12-2-5-14-6-3-12/h11-12,14H,2-10H2,1H3. The molecule has 2 heterocycles. The van der Waals surface area contributed by atoms with E-state index in [0.717, 1.165) is 44.0 Å². The molecule has 1 N–H and O–H groups in total. The lowest BCUT2D eigenvalue weighted by atomic mass is 10.1. The first-order chi connectivity index (χ1) is 8.77. The molecule has 0 aromatic heterocycles. The number of amides is 1. The molecular formula is C13H24N2O2S.